The maximum Gasteiger partial charge on any atom is 0.255 e. The van der Waals surface area contributed by atoms with Crippen LogP contribution in [-0.4, -0.2) is 16.7 Å². The molecule has 0 aromatic heterocycles. The van der Waals surface area contributed by atoms with Crippen LogP contribution < -0.4 is 5.32 Å². The standard InChI is InChI=1S/C23H17F3N2O2/c24-16-7-5-14(6-8-16)21(28-13-15-3-1-2-4-18(15)23(28)30)12-22(29)27-17-9-10-19(25)20(26)11-17/h1-11,21H,12-13H2,(H,27,29). The summed E-state index contributed by atoms with van der Waals surface area (Å²) in [6.45, 7) is 0.315. The molecule has 152 valence electrons. The van der Waals surface area contributed by atoms with Crippen LogP contribution in [0, 0.1) is 17.5 Å². The number of rotatable bonds is 5. The van der Waals surface area contributed by atoms with Crippen LogP contribution in [0.1, 0.15) is 33.9 Å². The van der Waals surface area contributed by atoms with Crippen LogP contribution in [0.15, 0.2) is 66.7 Å². The van der Waals surface area contributed by atoms with Gasteiger partial charge < -0.3 is 10.2 Å². The zero-order chi connectivity index (χ0) is 21.3. The molecule has 0 saturated heterocycles. The van der Waals surface area contributed by atoms with E-state index in [9.17, 15) is 22.8 Å². The molecule has 0 fully saturated rings. The van der Waals surface area contributed by atoms with E-state index < -0.39 is 29.4 Å². The zero-order valence-corrected chi connectivity index (χ0v) is 15.7. The molecule has 0 bridgehead atoms. The molecule has 1 N–H and O–H groups in total. The maximum absolute atomic E-state index is 13.4. The smallest absolute Gasteiger partial charge is 0.255 e. The first-order valence-corrected chi connectivity index (χ1v) is 9.31. The van der Waals surface area contributed by atoms with Crippen molar-refractivity contribution in [2.45, 2.75) is 19.0 Å². The molecule has 1 aliphatic heterocycles. The Labute approximate surface area is 170 Å². The van der Waals surface area contributed by atoms with Crippen LogP contribution >= 0.6 is 0 Å². The predicted molar refractivity (Wildman–Crippen MR) is 105 cm³/mol. The second-order valence-corrected chi connectivity index (χ2v) is 7.04. The molecule has 1 atom stereocenters. The molecule has 1 unspecified atom stereocenters. The topological polar surface area (TPSA) is 49.4 Å². The lowest BCUT2D eigenvalue weighted by atomic mass is 10.0. The Morgan fingerprint density at radius 3 is 2.40 bits per heavy atom. The molecular formula is C23H17F3N2O2. The van der Waals surface area contributed by atoms with Gasteiger partial charge in [0, 0.05) is 23.9 Å². The summed E-state index contributed by atoms with van der Waals surface area (Å²) in [6.07, 6.45) is -0.135. The monoisotopic (exact) mass is 410 g/mol. The van der Waals surface area contributed by atoms with Gasteiger partial charge in [-0.25, -0.2) is 13.2 Å². The Bertz CT molecular complexity index is 1120. The summed E-state index contributed by atoms with van der Waals surface area (Å²) in [5.74, 6) is -3.23. The summed E-state index contributed by atoms with van der Waals surface area (Å²) >= 11 is 0. The first-order valence-electron chi connectivity index (χ1n) is 9.31. The van der Waals surface area contributed by atoms with Gasteiger partial charge in [0.1, 0.15) is 5.82 Å². The lowest BCUT2D eigenvalue weighted by molar-refractivity contribution is -0.117. The fourth-order valence-electron chi connectivity index (χ4n) is 3.58. The fourth-order valence-corrected chi connectivity index (χ4v) is 3.58. The summed E-state index contributed by atoms with van der Waals surface area (Å²) in [5.41, 5.74) is 2.10. The second-order valence-electron chi connectivity index (χ2n) is 7.04. The predicted octanol–water partition coefficient (Wildman–Crippen LogP) is 4.83. The molecule has 0 saturated carbocycles. The van der Waals surface area contributed by atoms with Crippen molar-refractivity contribution in [1.29, 1.82) is 0 Å². The minimum absolute atomic E-state index is 0.104. The number of hydrogen-bond acceptors (Lipinski definition) is 2. The van der Waals surface area contributed by atoms with Gasteiger partial charge in [0.25, 0.3) is 5.91 Å². The molecule has 0 aliphatic carbocycles. The summed E-state index contributed by atoms with van der Waals surface area (Å²) in [5, 5.41) is 2.52. The third-order valence-electron chi connectivity index (χ3n) is 5.06. The van der Waals surface area contributed by atoms with E-state index in [2.05, 4.69) is 5.32 Å². The first kappa shape index (κ1) is 19.7. The maximum atomic E-state index is 13.4. The summed E-state index contributed by atoms with van der Waals surface area (Å²) in [7, 11) is 0. The van der Waals surface area contributed by atoms with Crippen molar-refractivity contribution in [3.8, 4) is 0 Å². The number of amides is 2. The molecule has 4 nitrogen and oxygen atoms in total. The third-order valence-corrected chi connectivity index (χ3v) is 5.06. The van der Waals surface area contributed by atoms with Gasteiger partial charge in [-0.15, -0.1) is 0 Å². The Balaban J connectivity index is 1.60. The van der Waals surface area contributed by atoms with Gasteiger partial charge in [0.2, 0.25) is 5.91 Å². The van der Waals surface area contributed by atoms with Crippen LogP contribution in [-0.2, 0) is 11.3 Å². The first-order chi connectivity index (χ1) is 14.4. The number of benzene rings is 3. The van der Waals surface area contributed by atoms with E-state index in [0.717, 1.165) is 17.7 Å². The number of carbonyl (C=O) groups excluding carboxylic acids is 2. The van der Waals surface area contributed by atoms with E-state index in [0.29, 0.717) is 17.7 Å². The Kier molecular flexibility index (Phi) is 5.27. The van der Waals surface area contributed by atoms with E-state index in [4.69, 9.17) is 0 Å². The van der Waals surface area contributed by atoms with Gasteiger partial charge in [-0.3, -0.25) is 9.59 Å². The SMILES string of the molecule is O=C(CC(c1ccc(F)cc1)N1Cc2ccccc2C1=O)Nc1ccc(F)c(F)c1. The highest BCUT2D eigenvalue weighted by atomic mass is 19.2. The molecule has 3 aromatic carbocycles. The van der Waals surface area contributed by atoms with Crippen LogP contribution in [0.4, 0.5) is 18.9 Å². The van der Waals surface area contributed by atoms with Crippen LogP contribution in [0.5, 0.6) is 0 Å². The van der Waals surface area contributed by atoms with Crippen LogP contribution in [0.3, 0.4) is 0 Å². The number of hydrogen-bond donors (Lipinski definition) is 1. The highest BCUT2D eigenvalue weighted by Crippen LogP contribution is 2.33. The van der Waals surface area contributed by atoms with Crippen molar-refractivity contribution in [3.63, 3.8) is 0 Å². The third kappa shape index (κ3) is 3.91. The largest absolute Gasteiger partial charge is 0.327 e. The highest BCUT2D eigenvalue weighted by molar-refractivity contribution is 5.99. The number of halogens is 3. The molecule has 7 heteroatoms. The molecule has 0 radical (unpaired) electrons. The number of nitrogens with one attached hydrogen (secondary N) is 1. The van der Waals surface area contributed by atoms with E-state index in [-0.39, 0.29) is 18.0 Å². The van der Waals surface area contributed by atoms with Crippen molar-refractivity contribution in [1.82, 2.24) is 4.90 Å². The molecular weight excluding hydrogens is 393 g/mol. The van der Waals surface area contributed by atoms with E-state index in [1.54, 1.807) is 17.0 Å². The normalized spacial score (nSPS) is 13.8. The van der Waals surface area contributed by atoms with Crippen molar-refractivity contribution >= 4 is 17.5 Å². The molecule has 30 heavy (non-hydrogen) atoms. The molecule has 0 spiro atoms. The average molecular weight is 410 g/mol. The quantitative estimate of drug-likeness (QED) is 0.655. The van der Waals surface area contributed by atoms with Crippen LogP contribution in [0.2, 0.25) is 0 Å². The number of carbonyl (C=O) groups is 2. The lowest BCUT2D eigenvalue weighted by Crippen LogP contribution is -2.32. The number of nitrogens with zero attached hydrogens (tertiary/aromatic N) is 1. The molecule has 1 heterocycles. The van der Waals surface area contributed by atoms with Gasteiger partial charge in [0.15, 0.2) is 11.6 Å². The minimum atomic E-state index is -1.08. The van der Waals surface area contributed by atoms with Gasteiger partial charge in [-0.05, 0) is 41.5 Å². The van der Waals surface area contributed by atoms with Crippen LogP contribution in [0.25, 0.3) is 0 Å². The van der Waals surface area contributed by atoms with E-state index >= 15 is 0 Å². The minimum Gasteiger partial charge on any atom is -0.327 e. The highest BCUT2D eigenvalue weighted by Gasteiger charge is 2.34. The summed E-state index contributed by atoms with van der Waals surface area (Å²) in [4.78, 5) is 27.1. The summed E-state index contributed by atoms with van der Waals surface area (Å²) in [6, 6.07) is 15.2. The molecule has 4 rings (SSSR count). The van der Waals surface area contributed by atoms with Crippen molar-refractivity contribution in [2.75, 3.05) is 5.32 Å². The van der Waals surface area contributed by atoms with E-state index in [1.165, 1.54) is 30.3 Å². The van der Waals surface area contributed by atoms with Crippen molar-refractivity contribution in [3.05, 3.63) is 101 Å². The second kappa shape index (κ2) is 8.02. The zero-order valence-electron chi connectivity index (χ0n) is 15.7. The number of fused-ring (bicyclic) bond motifs is 1. The number of anilines is 1. The van der Waals surface area contributed by atoms with Gasteiger partial charge in [-0.2, -0.15) is 0 Å². The van der Waals surface area contributed by atoms with Gasteiger partial charge >= 0.3 is 0 Å². The lowest BCUT2D eigenvalue weighted by Gasteiger charge is -2.28. The fraction of sp³-hybridized carbons (Fsp3) is 0.130. The van der Waals surface area contributed by atoms with Crippen molar-refractivity contribution < 1.29 is 22.8 Å². The summed E-state index contributed by atoms with van der Waals surface area (Å²) < 4.78 is 40.0. The van der Waals surface area contributed by atoms with E-state index in [1.807, 2.05) is 12.1 Å². The van der Waals surface area contributed by atoms with Gasteiger partial charge in [0.05, 0.1) is 12.5 Å². The molecule has 1 aliphatic rings. The van der Waals surface area contributed by atoms with Gasteiger partial charge in [-0.1, -0.05) is 30.3 Å². The molecule has 2 amide bonds. The Morgan fingerprint density at radius 2 is 1.70 bits per heavy atom. The molecule has 3 aromatic rings. The Morgan fingerprint density at radius 1 is 0.967 bits per heavy atom. The average Bonchev–Trinajstić information content (AvgIpc) is 3.06. The Hall–Kier alpha value is -3.61. The van der Waals surface area contributed by atoms with Crippen molar-refractivity contribution in [2.24, 2.45) is 0 Å².